The van der Waals surface area contributed by atoms with Crippen LogP contribution in [0.2, 0.25) is 0 Å². The largest absolute Gasteiger partial charge is 0.369 e. The molecule has 19 heavy (non-hydrogen) atoms. The third kappa shape index (κ3) is 3.30. The van der Waals surface area contributed by atoms with Crippen LogP contribution in [0.3, 0.4) is 0 Å². The molecule has 106 valence electrons. The fourth-order valence-corrected chi connectivity index (χ4v) is 3.43. The molecule has 0 saturated carbocycles. The lowest BCUT2D eigenvalue weighted by molar-refractivity contribution is 0.213. The summed E-state index contributed by atoms with van der Waals surface area (Å²) in [4.78, 5) is 4.94. The molecule has 0 spiro atoms. The van der Waals surface area contributed by atoms with E-state index in [4.69, 9.17) is 5.73 Å². The maximum Gasteiger partial charge on any atom is 0.0378 e. The minimum atomic E-state index is 0.0688. The van der Waals surface area contributed by atoms with Crippen molar-refractivity contribution in [2.24, 2.45) is 5.73 Å². The molecule has 1 aromatic rings. The van der Waals surface area contributed by atoms with Gasteiger partial charge in [0, 0.05) is 41.9 Å². The van der Waals surface area contributed by atoms with E-state index in [2.05, 4.69) is 57.9 Å². The highest BCUT2D eigenvalue weighted by molar-refractivity contribution is 9.10. The maximum atomic E-state index is 5.95. The van der Waals surface area contributed by atoms with Crippen molar-refractivity contribution in [1.82, 2.24) is 4.90 Å². The lowest BCUT2D eigenvalue weighted by Gasteiger charge is -2.40. The number of hydrogen-bond acceptors (Lipinski definition) is 3. The lowest BCUT2D eigenvalue weighted by atomic mass is 10.1. The summed E-state index contributed by atoms with van der Waals surface area (Å²) in [5.41, 5.74) is 8.42. The average molecular weight is 326 g/mol. The molecule has 1 unspecified atom stereocenters. The van der Waals surface area contributed by atoms with Gasteiger partial charge in [-0.3, -0.25) is 4.90 Å². The van der Waals surface area contributed by atoms with Gasteiger partial charge in [-0.2, -0.15) is 0 Å². The van der Waals surface area contributed by atoms with E-state index in [9.17, 15) is 0 Å². The van der Waals surface area contributed by atoms with Crippen molar-refractivity contribution in [3.63, 3.8) is 0 Å². The molecule has 0 bridgehead atoms. The zero-order chi connectivity index (χ0) is 14.0. The fraction of sp³-hybridized carbons (Fsp3) is 0.600. The molecule has 0 amide bonds. The number of anilines is 1. The van der Waals surface area contributed by atoms with Crippen molar-refractivity contribution in [2.45, 2.75) is 32.4 Å². The number of rotatable bonds is 3. The minimum Gasteiger partial charge on any atom is -0.369 e. The van der Waals surface area contributed by atoms with Gasteiger partial charge in [-0.15, -0.1) is 0 Å². The van der Waals surface area contributed by atoms with E-state index >= 15 is 0 Å². The second kappa shape index (κ2) is 6.25. The van der Waals surface area contributed by atoms with E-state index in [1.807, 2.05) is 6.92 Å². The minimum absolute atomic E-state index is 0.0688. The van der Waals surface area contributed by atoms with Gasteiger partial charge in [-0.05, 0) is 38.1 Å². The molecule has 1 aliphatic rings. The number of hydrogen-bond donors (Lipinski definition) is 1. The maximum absolute atomic E-state index is 5.95. The smallest absolute Gasteiger partial charge is 0.0378 e. The van der Waals surface area contributed by atoms with E-state index in [0.717, 1.165) is 24.1 Å². The van der Waals surface area contributed by atoms with Gasteiger partial charge in [-0.25, -0.2) is 0 Å². The van der Waals surface area contributed by atoms with Crippen molar-refractivity contribution in [3.05, 3.63) is 28.2 Å². The van der Waals surface area contributed by atoms with Gasteiger partial charge in [0.1, 0.15) is 0 Å². The summed E-state index contributed by atoms with van der Waals surface area (Å²) in [7, 11) is 2.22. The first-order chi connectivity index (χ1) is 9.02. The van der Waals surface area contributed by atoms with Crippen molar-refractivity contribution >= 4 is 21.6 Å². The highest BCUT2D eigenvalue weighted by Crippen LogP contribution is 2.28. The summed E-state index contributed by atoms with van der Waals surface area (Å²) in [6.45, 7) is 7.61. The van der Waals surface area contributed by atoms with Crippen LogP contribution in [-0.4, -0.2) is 37.6 Å². The van der Waals surface area contributed by atoms with E-state index in [1.54, 1.807) is 0 Å². The molecular formula is C15H24BrN3. The van der Waals surface area contributed by atoms with Crippen molar-refractivity contribution in [1.29, 1.82) is 0 Å². The summed E-state index contributed by atoms with van der Waals surface area (Å²) < 4.78 is 1.12. The Hall–Kier alpha value is -0.580. The Labute approximate surface area is 124 Å². The van der Waals surface area contributed by atoms with Gasteiger partial charge in [0.25, 0.3) is 0 Å². The van der Waals surface area contributed by atoms with Crippen LogP contribution in [0, 0.1) is 0 Å². The monoisotopic (exact) mass is 325 g/mol. The summed E-state index contributed by atoms with van der Waals surface area (Å²) >= 11 is 3.64. The number of nitrogens with two attached hydrogens (primary N) is 1. The fourth-order valence-electron chi connectivity index (χ4n) is 2.70. The van der Waals surface area contributed by atoms with Crippen LogP contribution in [-0.2, 0) is 0 Å². The zero-order valence-electron chi connectivity index (χ0n) is 12.1. The Morgan fingerprint density at radius 1 is 1.42 bits per heavy atom. The summed E-state index contributed by atoms with van der Waals surface area (Å²) in [5, 5.41) is 0. The van der Waals surface area contributed by atoms with Gasteiger partial charge in [-0.1, -0.05) is 28.9 Å². The second-order valence-corrected chi connectivity index (χ2v) is 6.34. The molecule has 1 saturated heterocycles. The summed E-state index contributed by atoms with van der Waals surface area (Å²) in [5.74, 6) is 0. The van der Waals surface area contributed by atoms with Crippen LogP contribution in [0.4, 0.5) is 5.69 Å². The third-order valence-electron chi connectivity index (χ3n) is 4.09. The van der Waals surface area contributed by atoms with Crippen molar-refractivity contribution < 1.29 is 0 Å². The SMILES string of the molecule is CCC1CN(c2ccc([C@H](C)N)c(Br)c2)CCN1C. The van der Waals surface area contributed by atoms with Crippen molar-refractivity contribution in [2.75, 3.05) is 31.6 Å². The first kappa shape index (κ1) is 14.8. The molecule has 0 aliphatic carbocycles. The Bertz CT molecular complexity index is 433. The van der Waals surface area contributed by atoms with Gasteiger partial charge in [0.15, 0.2) is 0 Å². The molecule has 0 radical (unpaired) electrons. The summed E-state index contributed by atoms with van der Waals surface area (Å²) in [6.07, 6.45) is 1.20. The molecular weight excluding hydrogens is 302 g/mol. The highest BCUT2D eigenvalue weighted by atomic mass is 79.9. The number of benzene rings is 1. The number of piperazine rings is 1. The van der Waals surface area contributed by atoms with E-state index in [1.165, 1.54) is 17.7 Å². The van der Waals surface area contributed by atoms with Crippen molar-refractivity contribution in [3.8, 4) is 0 Å². The molecule has 1 aliphatic heterocycles. The van der Waals surface area contributed by atoms with Gasteiger partial charge in [0.2, 0.25) is 0 Å². The quantitative estimate of drug-likeness (QED) is 0.927. The van der Waals surface area contributed by atoms with E-state index in [-0.39, 0.29) is 6.04 Å². The molecule has 1 fully saturated rings. The number of likely N-dealkylation sites (N-methyl/N-ethyl adjacent to an activating group) is 1. The first-order valence-electron chi connectivity index (χ1n) is 7.03. The Balaban J connectivity index is 2.16. The van der Waals surface area contributed by atoms with Gasteiger partial charge >= 0.3 is 0 Å². The molecule has 3 nitrogen and oxygen atoms in total. The Morgan fingerprint density at radius 2 is 2.16 bits per heavy atom. The van der Waals surface area contributed by atoms with Crippen LogP contribution in [0.1, 0.15) is 31.9 Å². The molecule has 2 rings (SSSR count). The zero-order valence-corrected chi connectivity index (χ0v) is 13.7. The highest BCUT2D eigenvalue weighted by Gasteiger charge is 2.23. The van der Waals surface area contributed by atoms with Crippen LogP contribution in [0.5, 0.6) is 0 Å². The van der Waals surface area contributed by atoms with Crippen LogP contribution >= 0.6 is 15.9 Å². The Morgan fingerprint density at radius 3 is 2.74 bits per heavy atom. The number of nitrogens with zero attached hydrogens (tertiary/aromatic N) is 2. The molecule has 2 atom stereocenters. The van der Waals surface area contributed by atoms with Crippen LogP contribution in [0.15, 0.2) is 22.7 Å². The molecule has 2 N–H and O–H groups in total. The van der Waals surface area contributed by atoms with E-state index in [0.29, 0.717) is 6.04 Å². The average Bonchev–Trinajstić information content (AvgIpc) is 2.38. The van der Waals surface area contributed by atoms with Gasteiger partial charge < -0.3 is 10.6 Å². The standard InChI is InChI=1S/C15H24BrN3/c1-4-12-10-19(8-7-18(12)3)13-5-6-14(11(2)17)15(16)9-13/h5-6,9,11-12H,4,7-8,10,17H2,1-3H3/t11-,12?/m0/s1. The lowest BCUT2D eigenvalue weighted by Crippen LogP contribution is -2.51. The first-order valence-corrected chi connectivity index (χ1v) is 7.82. The van der Waals surface area contributed by atoms with E-state index < -0.39 is 0 Å². The molecule has 1 heterocycles. The molecule has 4 heteroatoms. The predicted molar refractivity (Wildman–Crippen MR) is 85.7 cm³/mol. The molecule has 1 aromatic carbocycles. The topological polar surface area (TPSA) is 32.5 Å². The van der Waals surface area contributed by atoms with Gasteiger partial charge in [0.05, 0.1) is 0 Å². The molecule has 0 aromatic heterocycles. The second-order valence-electron chi connectivity index (χ2n) is 5.48. The Kier molecular flexibility index (Phi) is 4.87. The summed E-state index contributed by atoms with van der Waals surface area (Å²) in [6, 6.07) is 7.27. The van der Waals surface area contributed by atoms with Crippen LogP contribution < -0.4 is 10.6 Å². The van der Waals surface area contributed by atoms with Crippen LogP contribution in [0.25, 0.3) is 0 Å². The predicted octanol–water partition coefficient (Wildman–Crippen LogP) is 3.00. The number of halogens is 1. The normalized spacial score (nSPS) is 22.6. The third-order valence-corrected chi connectivity index (χ3v) is 4.77.